The first-order chi connectivity index (χ1) is 20.0. The topological polar surface area (TPSA) is 80.7 Å². The van der Waals surface area contributed by atoms with E-state index in [-0.39, 0.29) is 11.8 Å². The van der Waals surface area contributed by atoms with Crippen LogP contribution in [0.15, 0.2) is 108 Å². The number of carbonyl (C=O) groups excluding carboxylic acids is 1. The van der Waals surface area contributed by atoms with Crippen LogP contribution in [0.25, 0.3) is 10.9 Å². The number of carbonyl (C=O) groups is 1. The second kappa shape index (κ2) is 13.1. The number of benzene rings is 4. The molecule has 0 fully saturated rings. The first-order valence-corrected chi connectivity index (χ1v) is 13.8. The molecular weight excluding hydrogens is 515 g/mol. The van der Waals surface area contributed by atoms with Crippen molar-refractivity contribution in [2.75, 3.05) is 24.5 Å². The Bertz CT molecular complexity index is 1630. The quantitative estimate of drug-likeness (QED) is 0.126. The van der Waals surface area contributed by atoms with E-state index in [1.54, 1.807) is 11.0 Å². The molecule has 0 atom stereocenters. The van der Waals surface area contributed by atoms with E-state index in [9.17, 15) is 14.3 Å². The third-order valence-electron chi connectivity index (χ3n) is 6.98. The van der Waals surface area contributed by atoms with Crippen LogP contribution in [0.5, 0.6) is 5.88 Å². The Hall–Kier alpha value is -4.75. The molecule has 6 nitrogen and oxygen atoms in total. The number of rotatable bonds is 11. The number of aromatic hydroxyl groups is 1. The Morgan fingerprint density at radius 2 is 1.63 bits per heavy atom. The summed E-state index contributed by atoms with van der Waals surface area (Å²) in [6, 6.07) is 31.7. The van der Waals surface area contributed by atoms with Crippen LogP contribution in [0.1, 0.15) is 30.0 Å². The molecular formula is C34H33FN4O2. The van der Waals surface area contributed by atoms with E-state index in [1.807, 2.05) is 79.7 Å². The minimum Gasteiger partial charge on any atom is -0.494 e. The average molecular weight is 549 g/mol. The maximum atomic E-state index is 13.9. The van der Waals surface area contributed by atoms with E-state index >= 15 is 0 Å². The van der Waals surface area contributed by atoms with Gasteiger partial charge >= 0.3 is 0 Å². The van der Waals surface area contributed by atoms with Crippen LogP contribution in [0, 0.1) is 5.82 Å². The first kappa shape index (κ1) is 27.8. The van der Waals surface area contributed by atoms with Crippen molar-refractivity contribution in [3.05, 3.63) is 126 Å². The average Bonchev–Trinajstić information content (AvgIpc) is 3.33. The number of nitrogens with one attached hydrogen (secondary N) is 2. The van der Waals surface area contributed by atoms with Gasteiger partial charge in [0.1, 0.15) is 5.82 Å². The monoisotopic (exact) mass is 548 g/mol. The van der Waals surface area contributed by atoms with Gasteiger partial charge in [0.2, 0.25) is 5.91 Å². The Morgan fingerprint density at radius 3 is 2.34 bits per heavy atom. The summed E-state index contributed by atoms with van der Waals surface area (Å²) in [5, 5.41) is 14.9. The molecule has 0 bridgehead atoms. The SMILES string of the molecule is CCC(=O)N(CCNCCc1ccccc1)c1ccc(N=C(c2ccccc2)c2c(O)[nH]c3cc(F)ccc23)cc1. The summed E-state index contributed by atoms with van der Waals surface area (Å²) in [4.78, 5) is 22.4. The number of hydrogen-bond acceptors (Lipinski definition) is 4. The number of fused-ring (bicyclic) bond motifs is 1. The number of hydrogen-bond donors (Lipinski definition) is 3. The first-order valence-electron chi connectivity index (χ1n) is 13.8. The number of aromatic amines is 1. The van der Waals surface area contributed by atoms with Crippen LogP contribution in [-0.4, -0.2) is 41.3 Å². The minimum absolute atomic E-state index is 0.0482. The van der Waals surface area contributed by atoms with E-state index in [1.165, 1.54) is 17.7 Å². The molecule has 3 N–H and O–H groups in total. The van der Waals surface area contributed by atoms with Crippen molar-refractivity contribution >= 4 is 33.9 Å². The van der Waals surface area contributed by atoms with Crippen LogP contribution < -0.4 is 10.2 Å². The normalized spacial score (nSPS) is 11.6. The van der Waals surface area contributed by atoms with Crippen LogP contribution in [-0.2, 0) is 11.2 Å². The van der Waals surface area contributed by atoms with Gasteiger partial charge in [-0.1, -0.05) is 67.6 Å². The summed E-state index contributed by atoms with van der Waals surface area (Å²) in [6.45, 7) is 3.93. The molecule has 0 aliphatic rings. The molecule has 4 aromatic carbocycles. The molecule has 0 saturated heterocycles. The fraction of sp³-hybridized carbons (Fsp3) is 0.176. The van der Waals surface area contributed by atoms with Gasteiger partial charge < -0.3 is 20.3 Å². The van der Waals surface area contributed by atoms with Gasteiger partial charge in [0.05, 0.1) is 22.5 Å². The zero-order chi connectivity index (χ0) is 28.6. The minimum atomic E-state index is -0.392. The molecule has 208 valence electrons. The van der Waals surface area contributed by atoms with Crippen molar-refractivity contribution in [2.45, 2.75) is 19.8 Å². The van der Waals surface area contributed by atoms with Crippen LogP contribution in [0.4, 0.5) is 15.8 Å². The molecule has 0 radical (unpaired) electrons. The lowest BCUT2D eigenvalue weighted by Crippen LogP contribution is -2.37. The number of H-pyrrole nitrogens is 1. The Labute approximate surface area is 239 Å². The largest absolute Gasteiger partial charge is 0.494 e. The van der Waals surface area contributed by atoms with Gasteiger partial charge in [-0.3, -0.25) is 4.79 Å². The highest BCUT2D eigenvalue weighted by atomic mass is 19.1. The van der Waals surface area contributed by atoms with Crippen molar-refractivity contribution in [1.82, 2.24) is 10.3 Å². The number of anilines is 1. The zero-order valence-corrected chi connectivity index (χ0v) is 23.0. The molecule has 41 heavy (non-hydrogen) atoms. The van der Waals surface area contributed by atoms with Gasteiger partial charge in [0.15, 0.2) is 5.88 Å². The lowest BCUT2D eigenvalue weighted by atomic mass is 10.0. The predicted molar refractivity (Wildman–Crippen MR) is 164 cm³/mol. The van der Waals surface area contributed by atoms with Crippen molar-refractivity contribution < 1.29 is 14.3 Å². The molecule has 1 heterocycles. The van der Waals surface area contributed by atoms with Gasteiger partial charge in [0.25, 0.3) is 0 Å². The number of halogens is 1. The van der Waals surface area contributed by atoms with Gasteiger partial charge in [0, 0.05) is 36.1 Å². The van der Waals surface area contributed by atoms with Crippen LogP contribution >= 0.6 is 0 Å². The molecule has 5 aromatic rings. The van der Waals surface area contributed by atoms with E-state index < -0.39 is 5.82 Å². The smallest absolute Gasteiger partial charge is 0.226 e. The third kappa shape index (κ3) is 6.70. The summed E-state index contributed by atoms with van der Waals surface area (Å²) in [7, 11) is 0. The molecule has 0 unspecified atom stereocenters. The maximum Gasteiger partial charge on any atom is 0.226 e. The highest BCUT2D eigenvalue weighted by Crippen LogP contribution is 2.32. The summed E-state index contributed by atoms with van der Waals surface area (Å²) >= 11 is 0. The summed E-state index contributed by atoms with van der Waals surface area (Å²) < 4.78 is 13.9. The molecule has 7 heteroatoms. The molecule has 1 amide bonds. The van der Waals surface area contributed by atoms with Crippen molar-refractivity contribution in [3.63, 3.8) is 0 Å². The number of amides is 1. The molecule has 0 aliphatic heterocycles. The Kier molecular flexibility index (Phi) is 8.86. The maximum absolute atomic E-state index is 13.9. The number of aromatic nitrogens is 1. The van der Waals surface area contributed by atoms with Gasteiger partial charge in [-0.15, -0.1) is 0 Å². The van der Waals surface area contributed by atoms with Gasteiger partial charge in [-0.2, -0.15) is 0 Å². The number of aliphatic imine (C=N–C) groups is 1. The van der Waals surface area contributed by atoms with Crippen LogP contribution in [0.2, 0.25) is 0 Å². The second-order valence-corrected chi connectivity index (χ2v) is 9.77. The third-order valence-corrected chi connectivity index (χ3v) is 6.98. The fourth-order valence-electron chi connectivity index (χ4n) is 4.87. The Morgan fingerprint density at radius 1 is 0.927 bits per heavy atom. The number of nitrogens with zero attached hydrogens (tertiary/aromatic N) is 2. The van der Waals surface area contributed by atoms with E-state index in [0.717, 1.165) is 24.2 Å². The molecule has 0 aliphatic carbocycles. The lowest BCUT2D eigenvalue weighted by Gasteiger charge is -2.23. The van der Waals surface area contributed by atoms with E-state index in [2.05, 4.69) is 22.4 Å². The van der Waals surface area contributed by atoms with Crippen molar-refractivity contribution in [2.24, 2.45) is 4.99 Å². The van der Waals surface area contributed by atoms with E-state index in [4.69, 9.17) is 4.99 Å². The predicted octanol–water partition coefficient (Wildman–Crippen LogP) is 6.76. The van der Waals surface area contributed by atoms with Crippen LogP contribution in [0.3, 0.4) is 0 Å². The second-order valence-electron chi connectivity index (χ2n) is 9.77. The van der Waals surface area contributed by atoms with Crippen molar-refractivity contribution in [1.29, 1.82) is 0 Å². The molecule has 5 rings (SSSR count). The lowest BCUT2D eigenvalue weighted by molar-refractivity contribution is -0.118. The molecule has 0 saturated carbocycles. The fourth-order valence-corrected chi connectivity index (χ4v) is 4.87. The van der Waals surface area contributed by atoms with E-state index in [0.29, 0.717) is 47.4 Å². The highest BCUT2D eigenvalue weighted by Gasteiger charge is 2.19. The summed E-state index contributed by atoms with van der Waals surface area (Å²) in [5.41, 5.74) is 5.09. The van der Waals surface area contributed by atoms with Crippen molar-refractivity contribution in [3.8, 4) is 5.88 Å². The summed E-state index contributed by atoms with van der Waals surface area (Å²) in [6.07, 6.45) is 1.34. The zero-order valence-electron chi connectivity index (χ0n) is 23.0. The standard InChI is InChI=1S/C34H33FN4O2/c1-2-31(40)39(22-21-36-20-19-24-9-5-3-6-10-24)28-16-14-27(15-17-28)37-33(25-11-7-4-8-12-25)32-29-18-13-26(35)23-30(29)38-34(32)41/h3-18,23,36,38,41H,2,19-22H2,1H3. The highest BCUT2D eigenvalue weighted by molar-refractivity contribution is 6.21. The van der Waals surface area contributed by atoms with Gasteiger partial charge in [-0.05, 0) is 61.0 Å². The molecule has 0 spiro atoms. The molecule has 1 aromatic heterocycles. The van der Waals surface area contributed by atoms with Gasteiger partial charge in [-0.25, -0.2) is 9.38 Å². The summed E-state index contributed by atoms with van der Waals surface area (Å²) in [5.74, 6) is -0.423. The Balaban J connectivity index is 1.37.